The standard InChI is InChI=1S/C16H19F2NO6/c1-22-13-7-10(4-5-12(13)25-16(17)18)15(21)24-9-14(20)19-8-11-3-2-6-23-11/h4-5,7,11,16H,2-3,6,8-9H2,1H3,(H,19,20). The number of methoxy groups -OCH3 is 1. The molecule has 1 N–H and O–H groups in total. The Morgan fingerprint density at radius 2 is 2.16 bits per heavy atom. The molecule has 25 heavy (non-hydrogen) atoms. The van der Waals surface area contributed by atoms with Crippen molar-refractivity contribution in [2.24, 2.45) is 0 Å². The van der Waals surface area contributed by atoms with Crippen molar-refractivity contribution in [2.45, 2.75) is 25.6 Å². The Balaban J connectivity index is 1.84. The summed E-state index contributed by atoms with van der Waals surface area (Å²) in [5.41, 5.74) is 0.0467. The summed E-state index contributed by atoms with van der Waals surface area (Å²) in [6.45, 7) is -2.42. The van der Waals surface area contributed by atoms with Gasteiger partial charge in [0, 0.05) is 13.2 Å². The Bertz CT molecular complexity index is 604. The van der Waals surface area contributed by atoms with Crippen molar-refractivity contribution in [1.29, 1.82) is 0 Å². The zero-order valence-corrected chi connectivity index (χ0v) is 13.6. The average molecular weight is 359 g/mol. The van der Waals surface area contributed by atoms with Gasteiger partial charge in [0.1, 0.15) is 0 Å². The highest BCUT2D eigenvalue weighted by molar-refractivity contribution is 5.92. The number of halogens is 2. The number of ether oxygens (including phenoxy) is 4. The Labute approximate surface area is 143 Å². The lowest BCUT2D eigenvalue weighted by atomic mass is 10.2. The van der Waals surface area contributed by atoms with E-state index in [1.807, 2.05) is 0 Å². The molecule has 1 aromatic carbocycles. The summed E-state index contributed by atoms with van der Waals surface area (Å²) in [7, 11) is 1.25. The molecule has 138 valence electrons. The molecule has 1 unspecified atom stereocenters. The molecule has 0 aliphatic carbocycles. The van der Waals surface area contributed by atoms with Gasteiger partial charge in [0.25, 0.3) is 5.91 Å². The Morgan fingerprint density at radius 3 is 2.80 bits per heavy atom. The summed E-state index contributed by atoms with van der Waals surface area (Å²) in [6, 6.07) is 3.61. The lowest BCUT2D eigenvalue weighted by Crippen LogP contribution is -2.34. The normalized spacial score (nSPS) is 16.6. The summed E-state index contributed by atoms with van der Waals surface area (Å²) in [5.74, 6) is -1.48. The van der Waals surface area contributed by atoms with Crippen LogP contribution in [0.4, 0.5) is 8.78 Å². The quantitative estimate of drug-likeness (QED) is 0.712. The number of benzene rings is 1. The number of carbonyl (C=O) groups excluding carboxylic acids is 2. The number of hydrogen-bond donors (Lipinski definition) is 1. The molecular formula is C16H19F2NO6. The van der Waals surface area contributed by atoms with Gasteiger partial charge in [-0.1, -0.05) is 0 Å². The molecule has 9 heteroatoms. The lowest BCUT2D eigenvalue weighted by Gasteiger charge is -2.12. The molecule has 1 fully saturated rings. The number of nitrogens with one attached hydrogen (secondary N) is 1. The van der Waals surface area contributed by atoms with Crippen molar-refractivity contribution in [1.82, 2.24) is 5.32 Å². The van der Waals surface area contributed by atoms with Crippen molar-refractivity contribution in [3.8, 4) is 11.5 Å². The fraction of sp³-hybridized carbons (Fsp3) is 0.500. The lowest BCUT2D eigenvalue weighted by molar-refractivity contribution is -0.124. The zero-order chi connectivity index (χ0) is 18.2. The van der Waals surface area contributed by atoms with E-state index in [2.05, 4.69) is 10.1 Å². The molecule has 1 heterocycles. The molecule has 1 amide bonds. The van der Waals surface area contributed by atoms with Crippen LogP contribution in [0.2, 0.25) is 0 Å². The summed E-state index contributed by atoms with van der Waals surface area (Å²) in [5, 5.41) is 2.62. The first-order valence-corrected chi connectivity index (χ1v) is 7.68. The molecule has 2 rings (SSSR count). The molecule has 1 aliphatic rings. The summed E-state index contributed by atoms with van der Waals surface area (Å²) in [4.78, 5) is 23.6. The Morgan fingerprint density at radius 1 is 1.36 bits per heavy atom. The highest BCUT2D eigenvalue weighted by Crippen LogP contribution is 2.29. The second-order valence-electron chi connectivity index (χ2n) is 5.26. The topological polar surface area (TPSA) is 83.1 Å². The van der Waals surface area contributed by atoms with Gasteiger partial charge in [-0.2, -0.15) is 8.78 Å². The van der Waals surface area contributed by atoms with Crippen LogP contribution in [0.5, 0.6) is 11.5 Å². The highest BCUT2D eigenvalue weighted by atomic mass is 19.3. The van der Waals surface area contributed by atoms with Crippen molar-refractivity contribution >= 4 is 11.9 Å². The molecule has 1 aromatic rings. The minimum Gasteiger partial charge on any atom is -0.493 e. The van der Waals surface area contributed by atoms with Gasteiger partial charge in [0.15, 0.2) is 18.1 Å². The minimum absolute atomic E-state index is 0.00806. The van der Waals surface area contributed by atoms with Crippen LogP contribution in [-0.2, 0) is 14.3 Å². The van der Waals surface area contributed by atoms with Gasteiger partial charge in [-0.05, 0) is 31.0 Å². The number of esters is 1. The van der Waals surface area contributed by atoms with E-state index in [-0.39, 0.29) is 23.2 Å². The van der Waals surface area contributed by atoms with Crippen LogP contribution in [0, 0.1) is 0 Å². The fourth-order valence-electron chi connectivity index (χ4n) is 2.29. The molecule has 0 radical (unpaired) electrons. The Kier molecular flexibility index (Phi) is 6.93. The van der Waals surface area contributed by atoms with E-state index in [1.54, 1.807) is 0 Å². The van der Waals surface area contributed by atoms with E-state index in [0.717, 1.165) is 12.8 Å². The van der Waals surface area contributed by atoms with Crippen LogP contribution in [0.25, 0.3) is 0 Å². The Hall–Kier alpha value is -2.42. The third-order valence-corrected chi connectivity index (χ3v) is 3.50. The fourth-order valence-corrected chi connectivity index (χ4v) is 2.29. The predicted octanol–water partition coefficient (Wildman–Crippen LogP) is 1.75. The van der Waals surface area contributed by atoms with Crippen LogP contribution in [0.3, 0.4) is 0 Å². The van der Waals surface area contributed by atoms with Gasteiger partial charge in [-0.15, -0.1) is 0 Å². The number of alkyl halides is 2. The van der Waals surface area contributed by atoms with E-state index in [4.69, 9.17) is 14.2 Å². The molecule has 1 saturated heterocycles. The average Bonchev–Trinajstić information content (AvgIpc) is 3.11. The van der Waals surface area contributed by atoms with Crippen LogP contribution in [-0.4, -0.2) is 51.5 Å². The van der Waals surface area contributed by atoms with Crippen LogP contribution < -0.4 is 14.8 Å². The maximum atomic E-state index is 12.3. The molecule has 0 aromatic heterocycles. The van der Waals surface area contributed by atoms with Crippen LogP contribution in [0.15, 0.2) is 18.2 Å². The molecule has 7 nitrogen and oxygen atoms in total. The number of rotatable bonds is 8. The van der Waals surface area contributed by atoms with Crippen molar-refractivity contribution < 1.29 is 37.3 Å². The van der Waals surface area contributed by atoms with Crippen molar-refractivity contribution in [3.05, 3.63) is 23.8 Å². The second-order valence-corrected chi connectivity index (χ2v) is 5.26. The van der Waals surface area contributed by atoms with E-state index < -0.39 is 25.1 Å². The SMILES string of the molecule is COc1cc(C(=O)OCC(=O)NCC2CCCO2)ccc1OC(F)F. The summed E-state index contributed by atoms with van der Waals surface area (Å²) >= 11 is 0. The second kappa shape index (κ2) is 9.16. The zero-order valence-electron chi connectivity index (χ0n) is 13.6. The van der Waals surface area contributed by atoms with Crippen LogP contribution >= 0.6 is 0 Å². The first kappa shape index (κ1) is 18.9. The predicted molar refractivity (Wildman–Crippen MR) is 81.9 cm³/mol. The molecule has 0 spiro atoms. The number of amides is 1. The third-order valence-electron chi connectivity index (χ3n) is 3.50. The monoisotopic (exact) mass is 359 g/mol. The van der Waals surface area contributed by atoms with E-state index in [0.29, 0.717) is 13.2 Å². The minimum atomic E-state index is -3.01. The first-order chi connectivity index (χ1) is 12.0. The number of carbonyl (C=O) groups is 2. The van der Waals surface area contributed by atoms with Crippen molar-refractivity contribution in [3.63, 3.8) is 0 Å². The summed E-state index contributed by atoms with van der Waals surface area (Å²) < 4.78 is 43.9. The molecular weight excluding hydrogens is 340 g/mol. The van der Waals surface area contributed by atoms with Crippen molar-refractivity contribution in [2.75, 3.05) is 26.9 Å². The number of hydrogen-bond acceptors (Lipinski definition) is 6. The van der Waals surface area contributed by atoms with Gasteiger partial charge in [-0.3, -0.25) is 4.79 Å². The summed E-state index contributed by atoms with van der Waals surface area (Å²) in [6.07, 6.45) is 1.83. The maximum absolute atomic E-state index is 12.3. The first-order valence-electron chi connectivity index (χ1n) is 7.68. The molecule has 0 saturated carbocycles. The van der Waals surface area contributed by atoms with E-state index >= 15 is 0 Å². The van der Waals surface area contributed by atoms with E-state index in [9.17, 15) is 18.4 Å². The smallest absolute Gasteiger partial charge is 0.387 e. The van der Waals surface area contributed by atoms with E-state index in [1.165, 1.54) is 25.3 Å². The van der Waals surface area contributed by atoms with Gasteiger partial charge < -0.3 is 24.3 Å². The molecule has 0 bridgehead atoms. The van der Waals surface area contributed by atoms with Crippen LogP contribution in [0.1, 0.15) is 23.2 Å². The molecule has 1 aliphatic heterocycles. The largest absolute Gasteiger partial charge is 0.493 e. The van der Waals surface area contributed by atoms with Gasteiger partial charge >= 0.3 is 12.6 Å². The third kappa shape index (κ3) is 5.86. The van der Waals surface area contributed by atoms with Gasteiger partial charge in [0.2, 0.25) is 0 Å². The maximum Gasteiger partial charge on any atom is 0.387 e. The van der Waals surface area contributed by atoms with Gasteiger partial charge in [0.05, 0.1) is 18.8 Å². The highest BCUT2D eigenvalue weighted by Gasteiger charge is 2.18. The molecule has 1 atom stereocenters. The van der Waals surface area contributed by atoms with Gasteiger partial charge in [-0.25, -0.2) is 4.79 Å².